The first kappa shape index (κ1) is 15.5. The van der Waals surface area contributed by atoms with E-state index < -0.39 is 11.7 Å². The minimum Gasteiger partial charge on any atom is -0.393 e. The Bertz CT molecular complexity index is 466. The summed E-state index contributed by atoms with van der Waals surface area (Å²) in [5.74, 6) is 0. The molecule has 0 spiro atoms. The van der Waals surface area contributed by atoms with Crippen LogP contribution in [0.4, 0.5) is 13.2 Å². The third kappa shape index (κ3) is 3.98. The molecule has 0 bridgehead atoms. The van der Waals surface area contributed by atoms with Gasteiger partial charge in [0.2, 0.25) is 0 Å². The molecule has 2 nitrogen and oxygen atoms in total. The van der Waals surface area contributed by atoms with E-state index in [1.165, 1.54) is 26.0 Å². The van der Waals surface area contributed by atoms with Gasteiger partial charge < -0.3 is 4.84 Å². The molecular formula is C14H18F3NO. The van der Waals surface area contributed by atoms with Gasteiger partial charge in [-0.1, -0.05) is 30.3 Å². The molecule has 0 N–H and O–H groups in total. The molecule has 0 radical (unpaired) electrons. The highest BCUT2D eigenvalue weighted by Crippen LogP contribution is 2.34. The maximum Gasteiger partial charge on any atom is 0.417 e. The molecule has 106 valence electrons. The van der Waals surface area contributed by atoms with Gasteiger partial charge in [-0.25, -0.2) is 0 Å². The minimum absolute atomic E-state index is 0.0656. The standard InChI is InChI=1S/C14H18F3NO/c1-5-10(3)19-18-11(4)12-8-6-7-9(2)13(12)14(15,16)17/h6-8,10H,5H2,1-4H3/b18-11+. The smallest absolute Gasteiger partial charge is 0.393 e. The molecule has 1 aromatic rings. The van der Waals surface area contributed by atoms with Crippen LogP contribution in [-0.2, 0) is 11.0 Å². The highest BCUT2D eigenvalue weighted by molar-refractivity contribution is 6.00. The van der Waals surface area contributed by atoms with Crippen LogP contribution in [0.25, 0.3) is 0 Å². The summed E-state index contributed by atoms with van der Waals surface area (Å²) in [7, 11) is 0. The van der Waals surface area contributed by atoms with Crippen LogP contribution >= 0.6 is 0 Å². The number of alkyl halides is 3. The quantitative estimate of drug-likeness (QED) is 0.582. The Morgan fingerprint density at radius 2 is 2.00 bits per heavy atom. The molecule has 1 unspecified atom stereocenters. The maximum absolute atomic E-state index is 13.0. The molecule has 0 aromatic heterocycles. The molecule has 0 aliphatic rings. The highest BCUT2D eigenvalue weighted by atomic mass is 19.4. The predicted octanol–water partition coefficient (Wildman–Crippen LogP) is 4.55. The zero-order chi connectivity index (χ0) is 14.6. The van der Waals surface area contributed by atoms with Gasteiger partial charge in [-0.15, -0.1) is 0 Å². The molecule has 0 amide bonds. The van der Waals surface area contributed by atoms with Gasteiger partial charge in [0.25, 0.3) is 0 Å². The first-order valence-corrected chi connectivity index (χ1v) is 6.15. The summed E-state index contributed by atoms with van der Waals surface area (Å²) in [4.78, 5) is 5.14. The van der Waals surface area contributed by atoms with E-state index >= 15 is 0 Å². The van der Waals surface area contributed by atoms with Gasteiger partial charge in [0.15, 0.2) is 0 Å². The summed E-state index contributed by atoms with van der Waals surface area (Å²) in [5.41, 5.74) is -0.167. The second-order valence-corrected chi connectivity index (χ2v) is 4.50. The zero-order valence-corrected chi connectivity index (χ0v) is 11.5. The number of hydrogen-bond donors (Lipinski definition) is 0. The van der Waals surface area contributed by atoms with E-state index in [1.54, 1.807) is 6.07 Å². The molecule has 0 aliphatic carbocycles. The summed E-state index contributed by atoms with van der Waals surface area (Å²) in [6, 6.07) is 4.44. The Morgan fingerprint density at radius 1 is 1.37 bits per heavy atom. The van der Waals surface area contributed by atoms with Gasteiger partial charge >= 0.3 is 6.18 Å². The van der Waals surface area contributed by atoms with Crippen molar-refractivity contribution in [2.75, 3.05) is 0 Å². The number of nitrogens with zero attached hydrogens (tertiary/aromatic N) is 1. The lowest BCUT2D eigenvalue weighted by Crippen LogP contribution is -2.15. The number of halogens is 3. The fourth-order valence-corrected chi connectivity index (χ4v) is 1.64. The van der Waals surface area contributed by atoms with Crippen LogP contribution in [-0.4, -0.2) is 11.8 Å². The summed E-state index contributed by atoms with van der Waals surface area (Å²) in [6.45, 7) is 6.70. The SMILES string of the molecule is CCC(C)O/N=C(\C)c1cccc(C)c1C(F)(F)F. The number of aryl methyl sites for hydroxylation is 1. The van der Waals surface area contributed by atoms with Crippen molar-refractivity contribution in [2.45, 2.75) is 46.4 Å². The molecule has 19 heavy (non-hydrogen) atoms. The topological polar surface area (TPSA) is 21.6 Å². The van der Waals surface area contributed by atoms with Crippen molar-refractivity contribution in [3.8, 4) is 0 Å². The highest BCUT2D eigenvalue weighted by Gasteiger charge is 2.35. The van der Waals surface area contributed by atoms with E-state index in [0.29, 0.717) is 0 Å². The summed E-state index contributed by atoms with van der Waals surface area (Å²) in [6.07, 6.45) is -3.76. The fourth-order valence-electron chi connectivity index (χ4n) is 1.64. The summed E-state index contributed by atoms with van der Waals surface area (Å²) in [5, 5.41) is 3.80. The molecule has 1 atom stereocenters. The van der Waals surface area contributed by atoms with Crippen LogP contribution in [0.5, 0.6) is 0 Å². The van der Waals surface area contributed by atoms with Gasteiger partial charge in [0, 0.05) is 5.56 Å². The number of oxime groups is 1. The zero-order valence-electron chi connectivity index (χ0n) is 11.5. The van der Waals surface area contributed by atoms with E-state index in [0.717, 1.165) is 6.42 Å². The minimum atomic E-state index is -4.40. The van der Waals surface area contributed by atoms with Gasteiger partial charge in [-0.05, 0) is 32.8 Å². The van der Waals surface area contributed by atoms with Crippen molar-refractivity contribution in [1.29, 1.82) is 0 Å². The monoisotopic (exact) mass is 273 g/mol. The first-order chi connectivity index (χ1) is 8.77. The average Bonchev–Trinajstić information content (AvgIpc) is 2.33. The van der Waals surface area contributed by atoms with Gasteiger partial charge in [-0.2, -0.15) is 13.2 Å². The predicted molar refractivity (Wildman–Crippen MR) is 69.2 cm³/mol. The second-order valence-electron chi connectivity index (χ2n) is 4.50. The van der Waals surface area contributed by atoms with Crippen molar-refractivity contribution in [3.05, 3.63) is 34.9 Å². The third-order valence-electron chi connectivity index (χ3n) is 2.89. The Kier molecular flexibility index (Phi) is 4.97. The normalized spacial score (nSPS) is 14.4. The number of benzene rings is 1. The van der Waals surface area contributed by atoms with Crippen molar-refractivity contribution in [2.24, 2.45) is 5.16 Å². The van der Waals surface area contributed by atoms with Crippen molar-refractivity contribution in [3.63, 3.8) is 0 Å². The van der Waals surface area contributed by atoms with Crippen LogP contribution in [0.2, 0.25) is 0 Å². The Morgan fingerprint density at radius 3 is 2.53 bits per heavy atom. The number of rotatable bonds is 4. The Hall–Kier alpha value is -1.52. The molecule has 1 rings (SSSR count). The van der Waals surface area contributed by atoms with Crippen LogP contribution in [0.1, 0.15) is 43.9 Å². The van der Waals surface area contributed by atoms with Gasteiger partial charge in [-0.3, -0.25) is 0 Å². The maximum atomic E-state index is 13.0. The van der Waals surface area contributed by atoms with E-state index in [2.05, 4.69) is 5.16 Å². The van der Waals surface area contributed by atoms with E-state index in [1.807, 2.05) is 13.8 Å². The van der Waals surface area contributed by atoms with E-state index in [4.69, 9.17) is 4.84 Å². The fraction of sp³-hybridized carbons (Fsp3) is 0.500. The molecule has 0 fully saturated rings. The van der Waals surface area contributed by atoms with Crippen molar-refractivity contribution < 1.29 is 18.0 Å². The van der Waals surface area contributed by atoms with Crippen molar-refractivity contribution in [1.82, 2.24) is 0 Å². The number of hydrogen-bond acceptors (Lipinski definition) is 2. The van der Waals surface area contributed by atoms with Gasteiger partial charge in [0.05, 0.1) is 11.3 Å². The molecular weight excluding hydrogens is 255 g/mol. The molecule has 0 saturated carbocycles. The van der Waals surface area contributed by atoms with Crippen LogP contribution in [0, 0.1) is 6.92 Å². The Balaban J connectivity index is 3.17. The molecule has 1 aromatic carbocycles. The summed E-state index contributed by atoms with van der Waals surface area (Å²) >= 11 is 0. The summed E-state index contributed by atoms with van der Waals surface area (Å²) < 4.78 is 39.1. The first-order valence-electron chi connectivity index (χ1n) is 6.15. The lowest BCUT2D eigenvalue weighted by molar-refractivity contribution is -0.138. The second kappa shape index (κ2) is 6.08. The molecule has 0 aliphatic heterocycles. The molecule has 0 heterocycles. The van der Waals surface area contributed by atoms with E-state index in [9.17, 15) is 13.2 Å². The van der Waals surface area contributed by atoms with Crippen LogP contribution in [0.3, 0.4) is 0 Å². The van der Waals surface area contributed by atoms with E-state index in [-0.39, 0.29) is 22.9 Å². The Labute approximate surface area is 111 Å². The van der Waals surface area contributed by atoms with Crippen LogP contribution < -0.4 is 0 Å². The van der Waals surface area contributed by atoms with Crippen LogP contribution in [0.15, 0.2) is 23.4 Å². The van der Waals surface area contributed by atoms with Crippen molar-refractivity contribution >= 4 is 5.71 Å². The lowest BCUT2D eigenvalue weighted by atomic mass is 9.98. The lowest BCUT2D eigenvalue weighted by Gasteiger charge is -2.15. The average molecular weight is 273 g/mol. The largest absolute Gasteiger partial charge is 0.417 e. The molecule has 0 saturated heterocycles. The van der Waals surface area contributed by atoms with Gasteiger partial charge in [0.1, 0.15) is 6.10 Å². The third-order valence-corrected chi connectivity index (χ3v) is 2.89. The molecule has 5 heteroatoms.